The number of hydrogen-bond acceptors (Lipinski definition) is 4. The van der Waals surface area contributed by atoms with E-state index < -0.39 is 18.0 Å². The highest BCUT2D eigenvalue weighted by molar-refractivity contribution is 5.92. The van der Waals surface area contributed by atoms with Gasteiger partial charge in [-0.25, -0.2) is 9.59 Å². The molecule has 1 aromatic carbocycles. The van der Waals surface area contributed by atoms with Crippen LogP contribution in [0.5, 0.6) is 0 Å². The first kappa shape index (κ1) is 19.1. The van der Waals surface area contributed by atoms with Gasteiger partial charge in [-0.15, -0.1) is 0 Å². The highest BCUT2D eigenvalue weighted by Gasteiger charge is 2.19. The Bertz CT molecular complexity index is 556. The Morgan fingerprint density at radius 2 is 1.80 bits per heavy atom. The van der Waals surface area contributed by atoms with Crippen LogP contribution < -0.4 is 21.3 Å². The predicted molar refractivity (Wildman–Crippen MR) is 99.0 cm³/mol. The molecule has 5 N–H and O–H groups in total. The molecule has 2 amide bonds. The summed E-state index contributed by atoms with van der Waals surface area (Å²) in [6.07, 6.45) is 5.48. The van der Waals surface area contributed by atoms with Gasteiger partial charge in [0.2, 0.25) is 0 Å². The lowest BCUT2D eigenvalue weighted by Gasteiger charge is -2.28. The van der Waals surface area contributed by atoms with Crippen LogP contribution in [0.2, 0.25) is 0 Å². The number of unbranched alkanes of at least 4 members (excludes halogenated alkanes) is 1. The number of aliphatic carboxylic acids is 1. The second-order valence-electron chi connectivity index (χ2n) is 6.37. The Labute approximate surface area is 148 Å². The Balaban J connectivity index is 1.85. The van der Waals surface area contributed by atoms with E-state index in [2.05, 4.69) is 15.5 Å². The summed E-state index contributed by atoms with van der Waals surface area (Å²) in [5.74, 6) is -1.03. The quantitative estimate of drug-likeness (QED) is 0.540. The van der Waals surface area contributed by atoms with Gasteiger partial charge < -0.3 is 26.4 Å². The van der Waals surface area contributed by atoms with Crippen molar-refractivity contribution in [3.05, 3.63) is 24.3 Å². The summed E-state index contributed by atoms with van der Waals surface area (Å²) in [7, 11) is 0. The molecule has 1 atom stereocenters. The van der Waals surface area contributed by atoms with Crippen molar-refractivity contribution in [2.24, 2.45) is 5.73 Å². The number of anilines is 2. The van der Waals surface area contributed by atoms with Crippen molar-refractivity contribution in [1.29, 1.82) is 0 Å². The van der Waals surface area contributed by atoms with Gasteiger partial charge in [0.25, 0.3) is 0 Å². The number of nitrogens with one attached hydrogen (secondary N) is 2. The molecule has 1 fully saturated rings. The normalized spacial score (nSPS) is 15.5. The molecule has 7 nitrogen and oxygen atoms in total. The molecule has 1 aliphatic heterocycles. The second-order valence-corrected chi connectivity index (χ2v) is 6.37. The number of benzene rings is 1. The number of carbonyl (C=O) groups excluding carboxylic acids is 1. The van der Waals surface area contributed by atoms with Gasteiger partial charge in [-0.2, -0.15) is 0 Å². The lowest BCUT2D eigenvalue weighted by Crippen LogP contribution is -2.43. The van der Waals surface area contributed by atoms with E-state index in [0.717, 1.165) is 25.2 Å². The molecule has 138 valence electrons. The first-order valence-corrected chi connectivity index (χ1v) is 8.95. The maximum absolute atomic E-state index is 12.0. The molecule has 0 aliphatic carbocycles. The van der Waals surface area contributed by atoms with E-state index in [1.807, 2.05) is 24.3 Å². The summed E-state index contributed by atoms with van der Waals surface area (Å²) in [5, 5.41) is 14.4. The van der Waals surface area contributed by atoms with Crippen molar-refractivity contribution in [2.75, 3.05) is 29.9 Å². The molecule has 7 heteroatoms. The largest absolute Gasteiger partial charge is 0.480 e. The average molecular weight is 348 g/mol. The topological polar surface area (TPSA) is 108 Å². The van der Waals surface area contributed by atoms with Crippen LogP contribution in [0, 0.1) is 0 Å². The molecule has 0 bridgehead atoms. The third-order valence-corrected chi connectivity index (χ3v) is 4.40. The minimum atomic E-state index is -1.03. The third kappa shape index (κ3) is 6.26. The van der Waals surface area contributed by atoms with Gasteiger partial charge in [-0.3, -0.25) is 0 Å². The molecule has 1 aliphatic rings. The Hall–Kier alpha value is -2.28. The molecule has 25 heavy (non-hydrogen) atoms. The predicted octanol–water partition coefficient (Wildman–Crippen LogP) is 2.38. The SMILES string of the molecule is NCCCCC(NC(=O)Nc1ccc(N2CCCCC2)cc1)C(=O)O. The third-order valence-electron chi connectivity index (χ3n) is 4.40. The van der Waals surface area contributed by atoms with Gasteiger partial charge in [-0.1, -0.05) is 0 Å². The van der Waals surface area contributed by atoms with Crippen LogP contribution in [0.4, 0.5) is 16.2 Å². The van der Waals surface area contributed by atoms with Crippen molar-refractivity contribution in [3.63, 3.8) is 0 Å². The number of hydrogen-bond donors (Lipinski definition) is 4. The number of carbonyl (C=O) groups is 2. The smallest absolute Gasteiger partial charge is 0.326 e. The lowest BCUT2D eigenvalue weighted by atomic mass is 10.1. The molecule has 1 saturated heterocycles. The molecular formula is C18H28N4O3. The molecular weight excluding hydrogens is 320 g/mol. The molecule has 0 spiro atoms. The fourth-order valence-corrected chi connectivity index (χ4v) is 2.98. The van der Waals surface area contributed by atoms with Gasteiger partial charge in [0.15, 0.2) is 0 Å². The monoisotopic (exact) mass is 348 g/mol. The fraction of sp³-hybridized carbons (Fsp3) is 0.556. The molecule has 0 radical (unpaired) electrons. The number of urea groups is 1. The highest BCUT2D eigenvalue weighted by atomic mass is 16.4. The minimum absolute atomic E-state index is 0.369. The number of amides is 2. The van der Waals surface area contributed by atoms with Crippen LogP contribution in [-0.4, -0.2) is 42.8 Å². The molecule has 1 aromatic rings. The van der Waals surface area contributed by atoms with Gasteiger partial charge in [0.05, 0.1) is 0 Å². The van der Waals surface area contributed by atoms with Crippen LogP contribution in [0.3, 0.4) is 0 Å². The summed E-state index contributed by atoms with van der Waals surface area (Å²) in [6.45, 7) is 2.65. The number of rotatable bonds is 8. The van der Waals surface area contributed by atoms with E-state index in [0.29, 0.717) is 25.1 Å². The van der Waals surface area contributed by atoms with Crippen molar-refractivity contribution in [1.82, 2.24) is 5.32 Å². The molecule has 2 rings (SSSR count). The summed E-state index contributed by atoms with van der Waals surface area (Å²) in [4.78, 5) is 25.6. The van der Waals surface area contributed by atoms with Gasteiger partial charge in [-0.05, 0) is 69.3 Å². The van der Waals surface area contributed by atoms with Gasteiger partial charge in [0, 0.05) is 24.5 Å². The summed E-state index contributed by atoms with van der Waals surface area (Å²) >= 11 is 0. The minimum Gasteiger partial charge on any atom is -0.480 e. The van der Waals surface area contributed by atoms with Gasteiger partial charge in [0.1, 0.15) is 6.04 Å². The van der Waals surface area contributed by atoms with E-state index in [4.69, 9.17) is 5.73 Å². The van der Waals surface area contributed by atoms with Crippen molar-refractivity contribution >= 4 is 23.4 Å². The zero-order valence-electron chi connectivity index (χ0n) is 14.5. The molecule has 0 saturated carbocycles. The number of nitrogens with zero attached hydrogens (tertiary/aromatic N) is 1. The summed E-state index contributed by atoms with van der Waals surface area (Å²) in [5.41, 5.74) is 7.20. The van der Waals surface area contributed by atoms with E-state index in [-0.39, 0.29) is 0 Å². The Kier molecular flexibility index (Phi) is 7.53. The summed E-state index contributed by atoms with van der Waals surface area (Å²) in [6, 6.07) is 6.24. The highest BCUT2D eigenvalue weighted by Crippen LogP contribution is 2.21. The van der Waals surface area contributed by atoms with E-state index in [9.17, 15) is 14.7 Å². The first-order valence-electron chi connectivity index (χ1n) is 8.95. The average Bonchev–Trinajstić information content (AvgIpc) is 2.62. The number of carboxylic acids is 1. The van der Waals surface area contributed by atoms with Crippen molar-refractivity contribution in [3.8, 4) is 0 Å². The molecule has 1 heterocycles. The zero-order chi connectivity index (χ0) is 18.1. The molecule has 1 unspecified atom stereocenters. The van der Waals surface area contributed by atoms with Crippen molar-refractivity contribution < 1.29 is 14.7 Å². The standard InChI is InChI=1S/C18H28N4O3/c19-11-3-2-6-16(17(23)24)21-18(25)20-14-7-9-15(10-8-14)22-12-4-1-5-13-22/h7-10,16H,1-6,11-13,19H2,(H,23,24)(H2,20,21,25). The van der Waals surface area contributed by atoms with Crippen LogP contribution in [0.15, 0.2) is 24.3 Å². The van der Waals surface area contributed by atoms with Crippen molar-refractivity contribution in [2.45, 2.75) is 44.6 Å². The van der Waals surface area contributed by atoms with E-state index in [1.54, 1.807) is 0 Å². The zero-order valence-corrected chi connectivity index (χ0v) is 14.5. The number of nitrogens with two attached hydrogens (primary N) is 1. The maximum atomic E-state index is 12.0. The van der Waals surface area contributed by atoms with E-state index >= 15 is 0 Å². The first-order chi connectivity index (χ1) is 12.1. The van der Waals surface area contributed by atoms with Crippen LogP contribution in [0.1, 0.15) is 38.5 Å². The maximum Gasteiger partial charge on any atom is 0.326 e. The van der Waals surface area contributed by atoms with Gasteiger partial charge >= 0.3 is 12.0 Å². The Morgan fingerprint density at radius 1 is 1.12 bits per heavy atom. The Morgan fingerprint density at radius 3 is 2.40 bits per heavy atom. The molecule has 0 aromatic heterocycles. The fourth-order valence-electron chi connectivity index (χ4n) is 2.98. The van der Waals surface area contributed by atoms with Crippen LogP contribution in [0.25, 0.3) is 0 Å². The van der Waals surface area contributed by atoms with Crippen LogP contribution in [-0.2, 0) is 4.79 Å². The van der Waals surface area contributed by atoms with E-state index in [1.165, 1.54) is 19.3 Å². The van der Waals surface area contributed by atoms with Crippen LogP contribution >= 0.6 is 0 Å². The second kappa shape index (κ2) is 9.88. The summed E-state index contributed by atoms with van der Waals surface area (Å²) < 4.78 is 0. The number of carboxylic acid groups (broad SMARTS) is 1. The number of piperidine rings is 1. The lowest BCUT2D eigenvalue weighted by molar-refractivity contribution is -0.139.